The third kappa shape index (κ3) is 3.65. The SMILES string of the molecule is Cc1cc(CN(C)C(=O)[C@@H](Cc2ccccc2)n2cnnn2)no1. The maximum Gasteiger partial charge on any atom is 0.248 e. The third-order valence-corrected chi connectivity index (χ3v) is 3.69. The van der Waals surface area contributed by atoms with Crippen LogP contribution < -0.4 is 0 Å². The molecule has 8 heteroatoms. The average molecular weight is 326 g/mol. The molecule has 0 unspecified atom stereocenters. The van der Waals surface area contributed by atoms with E-state index in [0.717, 1.165) is 5.56 Å². The largest absolute Gasteiger partial charge is 0.361 e. The molecule has 124 valence electrons. The van der Waals surface area contributed by atoms with Gasteiger partial charge in [-0.15, -0.1) is 5.10 Å². The van der Waals surface area contributed by atoms with Crippen LogP contribution in [0.1, 0.15) is 23.1 Å². The number of benzene rings is 1. The van der Waals surface area contributed by atoms with Crippen molar-refractivity contribution in [3.8, 4) is 0 Å². The highest BCUT2D eigenvalue weighted by atomic mass is 16.5. The Kier molecular flexibility index (Phi) is 4.64. The first kappa shape index (κ1) is 15.9. The van der Waals surface area contributed by atoms with E-state index in [1.165, 1.54) is 11.0 Å². The lowest BCUT2D eigenvalue weighted by Gasteiger charge is -2.22. The van der Waals surface area contributed by atoms with Crippen LogP contribution in [0.2, 0.25) is 0 Å². The normalized spacial score (nSPS) is 12.1. The first-order valence-corrected chi connectivity index (χ1v) is 7.57. The van der Waals surface area contributed by atoms with Crippen LogP contribution in [-0.2, 0) is 17.8 Å². The number of aryl methyl sites for hydroxylation is 1. The van der Waals surface area contributed by atoms with Crippen molar-refractivity contribution in [2.24, 2.45) is 0 Å². The van der Waals surface area contributed by atoms with Crippen molar-refractivity contribution in [1.82, 2.24) is 30.3 Å². The second-order valence-electron chi connectivity index (χ2n) is 5.62. The van der Waals surface area contributed by atoms with Crippen molar-refractivity contribution in [3.63, 3.8) is 0 Å². The predicted molar refractivity (Wildman–Crippen MR) is 84.7 cm³/mol. The van der Waals surface area contributed by atoms with Gasteiger partial charge in [-0.1, -0.05) is 35.5 Å². The van der Waals surface area contributed by atoms with E-state index in [2.05, 4.69) is 20.7 Å². The Morgan fingerprint density at radius 1 is 1.33 bits per heavy atom. The van der Waals surface area contributed by atoms with Crippen LogP contribution in [0, 0.1) is 6.92 Å². The molecule has 0 radical (unpaired) electrons. The van der Waals surface area contributed by atoms with Crippen LogP contribution >= 0.6 is 0 Å². The summed E-state index contributed by atoms with van der Waals surface area (Å²) in [6.45, 7) is 2.18. The van der Waals surface area contributed by atoms with Crippen LogP contribution in [0.5, 0.6) is 0 Å². The number of aromatic nitrogens is 5. The van der Waals surface area contributed by atoms with Crippen LogP contribution in [0.25, 0.3) is 0 Å². The van der Waals surface area contributed by atoms with E-state index in [9.17, 15) is 4.79 Å². The molecule has 0 fully saturated rings. The van der Waals surface area contributed by atoms with Gasteiger partial charge >= 0.3 is 0 Å². The zero-order valence-corrected chi connectivity index (χ0v) is 13.5. The van der Waals surface area contributed by atoms with Gasteiger partial charge in [0.2, 0.25) is 5.91 Å². The highest BCUT2D eigenvalue weighted by Gasteiger charge is 2.26. The van der Waals surface area contributed by atoms with E-state index in [4.69, 9.17) is 4.52 Å². The Labute approximate surface area is 139 Å². The van der Waals surface area contributed by atoms with E-state index >= 15 is 0 Å². The summed E-state index contributed by atoms with van der Waals surface area (Å²) in [5.74, 6) is 0.624. The van der Waals surface area contributed by atoms with E-state index in [1.54, 1.807) is 11.9 Å². The molecule has 0 spiro atoms. The maximum atomic E-state index is 12.9. The lowest BCUT2D eigenvalue weighted by Crippen LogP contribution is -2.35. The Morgan fingerprint density at radius 3 is 2.75 bits per heavy atom. The molecule has 0 bridgehead atoms. The van der Waals surface area contributed by atoms with Gasteiger partial charge in [0.25, 0.3) is 0 Å². The summed E-state index contributed by atoms with van der Waals surface area (Å²) < 4.78 is 6.53. The Morgan fingerprint density at radius 2 is 2.12 bits per heavy atom. The summed E-state index contributed by atoms with van der Waals surface area (Å²) in [4.78, 5) is 14.5. The quantitative estimate of drug-likeness (QED) is 0.680. The Bertz CT molecular complexity index is 784. The van der Waals surface area contributed by atoms with Crippen LogP contribution in [0.3, 0.4) is 0 Å². The van der Waals surface area contributed by atoms with Gasteiger partial charge in [-0.25, -0.2) is 4.68 Å². The highest BCUT2D eigenvalue weighted by Crippen LogP contribution is 2.17. The Balaban J connectivity index is 1.78. The third-order valence-electron chi connectivity index (χ3n) is 3.69. The molecule has 0 aliphatic heterocycles. The molecule has 8 nitrogen and oxygen atoms in total. The van der Waals surface area contributed by atoms with Gasteiger partial charge in [0, 0.05) is 19.5 Å². The number of amides is 1. The molecule has 2 aromatic heterocycles. The number of hydrogen-bond acceptors (Lipinski definition) is 6. The molecular formula is C16H18N6O2. The van der Waals surface area contributed by atoms with Gasteiger partial charge < -0.3 is 9.42 Å². The molecule has 24 heavy (non-hydrogen) atoms. The first-order valence-electron chi connectivity index (χ1n) is 7.57. The van der Waals surface area contributed by atoms with E-state index in [1.807, 2.05) is 43.3 Å². The van der Waals surface area contributed by atoms with Crippen LogP contribution in [0.15, 0.2) is 47.2 Å². The second kappa shape index (κ2) is 7.03. The van der Waals surface area contributed by atoms with Crippen LogP contribution in [-0.4, -0.2) is 43.2 Å². The van der Waals surface area contributed by atoms with Gasteiger partial charge in [-0.3, -0.25) is 4.79 Å². The summed E-state index contributed by atoms with van der Waals surface area (Å²) in [7, 11) is 1.73. The summed E-state index contributed by atoms with van der Waals surface area (Å²) in [6.07, 6.45) is 1.96. The average Bonchev–Trinajstić information content (AvgIpc) is 3.25. The zero-order valence-electron chi connectivity index (χ0n) is 13.5. The minimum absolute atomic E-state index is 0.0909. The molecule has 1 atom stereocenters. The molecular weight excluding hydrogens is 308 g/mol. The molecule has 0 saturated heterocycles. The monoisotopic (exact) mass is 326 g/mol. The maximum absolute atomic E-state index is 12.9. The first-order chi connectivity index (χ1) is 11.6. The minimum Gasteiger partial charge on any atom is -0.361 e. The topological polar surface area (TPSA) is 89.9 Å². The summed E-state index contributed by atoms with van der Waals surface area (Å²) in [5, 5.41) is 15.1. The van der Waals surface area contributed by atoms with Gasteiger partial charge in [-0.2, -0.15) is 0 Å². The second-order valence-corrected chi connectivity index (χ2v) is 5.62. The van der Waals surface area contributed by atoms with Crippen molar-refractivity contribution in [3.05, 3.63) is 59.7 Å². The fraction of sp³-hybridized carbons (Fsp3) is 0.312. The summed E-state index contributed by atoms with van der Waals surface area (Å²) >= 11 is 0. The molecule has 3 rings (SSSR count). The fourth-order valence-electron chi connectivity index (χ4n) is 2.51. The number of likely N-dealkylation sites (N-methyl/N-ethyl adjacent to an activating group) is 1. The van der Waals surface area contributed by atoms with Gasteiger partial charge in [0.05, 0.1) is 6.54 Å². The van der Waals surface area contributed by atoms with E-state index in [0.29, 0.717) is 24.4 Å². The minimum atomic E-state index is -0.514. The van der Waals surface area contributed by atoms with Gasteiger partial charge in [0.15, 0.2) is 0 Å². The molecule has 3 aromatic rings. The smallest absolute Gasteiger partial charge is 0.248 e. The molecule has 2 heterocycles. The number of carbonyl (C=O) groups is 1. The number of rotatable bonds is 6. The number of carbonyl (C=O) groups excluding carboxylic acids is 1. The molecule has 1 aromatic carbocycles. The number of tetrazole rings is 1. The number of nitrogens with zero attached hydrogens (tertiary/aromatic N) is 6. The van der Waals surface area contributed by atoms with Crippen molar-refractivity contribution in [2.45, 2.75) is 25.9 Å². The number of hydrogen-bond donors (Lipinski definition) is 0. The highest BCUT2D eigenvalue weighted by molar-refractivity contribution is 5.80. The van der Waals surface area contributed by atoms with Gasteiger partial charge in [-0.05, 0) is 22.9 Å². The van der Waals surface area contributed by atoms with Crippen molar-refractivity contribution in [1.29, 1.82) is 0 Å². The molecule has 1 amide bonds. The van der Waals surface area contributed by atoms with E-state index < -0.39 is 6.04 Å². The van der Waals surface area contributed by atoms with Crippen molar-refractivity contribution < 1.29 is 9.32 Å². The predicted octanol–water partition coefficient (Wildman–Crippen LogP) is 1.41. The van der Waals surface area contributed by atoms with Crippen molar-refractivity contribution in [2.75, 3.05) is 7.05 Å². The zero-order chi connectivity index (χ0) is 16.9. The van der Waals surface area contributed by atoms with Gasteiger partial charge in [0.1, 0.15) is 23.8 Å². The lowest BCUT2D eigenvalue weighted by atomic mass is 10.1. The lowest BCUT2D eigenvalue weighted by molar-refractivity contribution is -0.134. The molecule has 0 saturated carbocycles. The van der Waals surface area contributed by atoms with E-state index in [-0.39, 0.29) is 5.91 Å². The molecule has 0 aliphatic carbocycles. The standard InChI is InChI=1S/C16H18N6O2/c1-12-8-14(18-24-12)10-21(2)16(23)15(22-11-17-19-20-22)9-13-6-4-3-5-7-13/h3-8,11,15H,9-10H2,1-2H3/t15-/m1/s1. The summed E-state index contributed by atoms with van der Waals surface area (Å²) in [5.41, 5.74) is 1.75. The molecule has 0 N–H and O–H groups in total. The Hall–Kier alpha value is -3.03. The molecule has 0 aliphatic rings. The summed E-state index contributed by atoms with van der Waals surface area (Å²) in [6, 6.07) is 11.1. The van der Waals surface area contributed by atoms with Crippen molar-refractivity contribution >= 4 is 5.91 Å². The fourth-order valence-corrected chi connectivity index (χ4v) is 2.51. The van der Waals surface area contributed by atoms with Crippen LogP contribution in [0.4, 0.5) is 0 Å².